The first-order chi connectivity index (χ1) is 12.3. The number of nitrogens with zero attached hydrogens (tertiary/aromatic N) is 2. The first kappa shape index (κ1) is 20.1. The van der Waals surface area contributed by atoms with Gasteiger partial charge in [-0.1, -0.05) is 0 Å². The van der Waals surface area contributed by atoms with E-state index in [1.54, 1.807) is 0 Å². The van der Waals surface area contributed by atoms with Gasteiger partial charge in [0.1, 0.15) is 6.04 Å². The van der Waals surface area contributed by atoms with Gasteiger partial charge in [-0.05, 0) is 30.7 Å². The highest BCUT2D eigenvalue weighted by Gasteiger charge is 2.42. The fraction of sp³-hybridized carbons (Fsp3) is 0.267. The molecule has 3 amide bonds. The predicted molar refractivity (Wildman–Crippen MR) is 75.9 cm³/mol. The van der Waals surface area contributed by atoms with Crippen molar-refractivity contribution in [2.24, 2.45) is 0 Å². The summed E-state index contributed by atoms with van der Waals surface area (Å²) in [6.45, 7) is 1.17. The van der Waals surface area contributed by atoms with E-state index in [1.165, 1.54) is 13.0 Å². The molecular weight excluding hydrogens is 384 g/mol. The Bertz CT molecular complexity index is 850. The van der Waals surface area contributed by atoms with Crippen molar-refractivity contribution in [2.45, 2.75) is 25.3 Å². The number of carbonyl (C=O) groups excluding carboxylic acids is 1. The van der Waals surface area contributed by atoms with E-state index in [0.717, 1.165) is 0 Å². The zero-order chi connectivity index (χ0) is 20.7. The van der Waals surface area contributed by atoms with Crippen molar-refractivity contribution in [2.75, 3.05) is 0 Å². The largest absolute Gasteiger partial charge is 0.465 e. The van der Waals surface area contributed by atoms with Crippen LogP contribution in [0.2, 0.25) is 0 Å². The normalized spacial score (nSPS) is 18.2. The molecule has 1 aliphatic rings. The Balaban J connectivity index is 2.83. The summed E-state index contributed by atoms with van der Waals surface area (Å²) >= 11 is 0. The van der Waals surface area contributed by atoms with Crippen LogP contribution in [0.15, 0.2) is 29.5 Å². The average molecular weight is 393 g/mol. The smallest absolute Gasteiger partial charge is 0.416 e. The van der Waals surface area contributed by atoms with Gasteiger partial charge in [-0.25, -0.2) is 14.5 Å². The molecule has 1 aromatic carbocycles. The molecule has 2 N–H and O–H groups in total. The molecule has 0 saturated carbocycles. The van der Waals surface area contributed by atoms with E-state index in [4.69, 9.17) is 0 Å². The summed E-state index contributed by atoms with van der Waals surface area (Å²) in [5, 5.41) is 20.4. The van der Waals surface area contributed by atoms with Crippen molar-refractivity contribution >= 4 is 12.1 Å². The van der Waals surface area contributed by atoms with E-state index in [9.17, 15) is 46.3 Å². The maximum atomic E-state index is 13.0. The minimum absolute atomic E-state index is 0.0405. The van der Waals surface area contributed by atoms with Crippen LogP contribution in [0.3, 0.4) is 0 Å². The zero-order valence-corrected chi connectivity index (χ0v) is 13.2. The summed E-state index contributed by atoms with van der Waals surface area (Å²) in [6.07, 6.45) is -12.3. The molecule has 0 saturated heterocycles. The number of halogens is 6. The lowest BCUT2D eigenvalue weighted by molar-refractivity contribution is -0.143. The number of urea groups is 1. The maximum Gasteiger partial charge on any atom is 0.416 e. The molecule has 1 heterocycles. The van der Waals surface area contributed by atoms with Crippen molar-refractivity contribution in [1.29, 1.82) is 5.26 Å². The average Bonchev–Trinajstić information content (AvgIpc) is 2.51. The molecule has 0 radical (unpaired) electrons. The van der Waals surface area contributed by atoms with Gasteiger partial charge in [0, 0.05) is 5.70 Å². The standard InChI is InChI=1S/C15H9F6N3O3/c1-6-10(5-22)11(24(13(26)27)12(25)23-6)7-2-8(14(16,17)18)4-9(3-7)15(19,20)21/h2-4,11H,1H3,(H,23,25)(H,26,27). The third-order valence-corrected chi connectivity index (χ3v) is 3.70. The highest BCUT2D eigenvalue weighted by Crippen LogP contribution is 2.41. The van der Waals surface area contributed by atoms with E-state index in [-0.39, 0.29) is 28.8 Å². The highest BCUT2D eigenvalue weighted by molar-refractivity contribution is 5.93. The molecule has 0 fully saturated rings. The lowest BCUT2D eigenvalue weighted by Crippen LogP contribution is -2.49. The van der Waals surface area contributed by atoms with Crippen LogP contribution < -0.4 is 5.32 Å². The third kappa shape index (κ3) is 3.81. The Hall–Kier alpha value is -3.23. The summed E-state index contributed by atoms with van der Waals surface area (Å²) in [6, 6.07) is -1.34. The van der Waals surface area contributed by atoms with Gasteiger partial charge in [-0.2, -0.15) is 31.6 Å². The quantitative estimate of drug-likeness (QED) is 0.697. The minimum atomic E-state index is -5.17. The Morgan fingerprint density at radius 2 is 1.63 bits per heavy atom. The number of benzene rings is 1. The second-order valence-corrected chi connectivity index (χ2v) is 5.47. The number of imide groups is 1. The van der Waals surface area contributed by atoms with E-state index in [0.29, 0.717) is 0 Å². The summed E-state index contributed by atoms with van der Waals surface area (Å²) in [5.74, 6) is 0. The third-order valence-electron chi connectivity index (χ3n) is 3.70. The van der Waals surface area contributed by atoms with Crippen LogP contribution in [0.25, 0.3) is 0 Å². The molecule has 1 atom stereocenters. The molecule has 1 unspecified atom stereocenters. The van der Waals surface area contributed by atoms with Crippen LogP contribution in [-0.4, -0.2) is 22.1 Å². The van der Waals surface area contributed by atoms with E-state index >= 15 is 0 Å². The molecule has 0 spiro atoms. The topological polar surface area (TPSA) is 93.4 Å². The van der Waals surface area contributed by atoms with E-state index < -0.39 is 52.8 Å². The maximum absolute atomic E-state index is 13.0. The fourth-order valence-electron chi connectivity index (χ4n) is 2.53. The van der Waals surface area contributed by atoms with Crippen molar-refractivity contribution in [3.63, 3.8) is 0 Å². The number of allylic oxidation sites excluding steroid dienone is 1. The summed E-state index contributed by atoms with van der Waals surface area (Å²) in [7, 11) is 0. The predicted octanol–water partition coefficient (Wildman–Crippen LogP) is 4.27. The van der Waals surface area contributed by atoms with Gasteiger partial charge in [0.05, 0.1) is 22.8 Å². The summed E-state index contributed by atoms with van der Waals surface area (Å²) in [5.41, 5.74) is -4.90. The van der Waals surface area contributed by atoms with Gasteiger partial charge in [0.2, 0.25) is 0 Å². The zero-order valence-electron chi connectivity index (χ0n) is 13.2. The molecular formula is C15H9F6N3O3. The SMILES string of the molecule is CC1=C(C#N)C(c2cc(C(F)(F)F)cc(C(F)(F)F)c2)N(C(=O)O)C(=O)N1. The Morgan fingerprint density at radius 3 is 2.00 bits per heavy atom. The molecule has 12 heteroatoms. The molecule has 0 aromatic heterocycles. The van der Waals surface area contributed by atoms with Crippen LogP contribution in [0.4, 0.5) is 35.9 Å². The van der Waals surface area contributed by atoms with Crippen LogP contribution in [-0.2, 0) is 12.4 Å². The number of nitriles is 1. The van der Waals surface area contributed by atoms with Crippen LogP contribution >= 0.6 is 0 Å². The number of carboxylic acid groups (broad SMARTS) is 1. The molecule has 144 valence electrons. The van der Waals surface area contributed by atoms with Crippen molar-refractivity contribution < 1.29 is 41.0 Å². The van der Waals surface area contributed by atoms with E-state index in [1.807, 2.05) is 5.32 Å². The molecule has 1 aromatic rings. The van der Waals surface area contributed by atoms with Crippen LogP contribution in [0.5, 0.6) is 0 Å². The molecule has 2 rings (SSSR count). The molecule has 1 aliphatic heterocycles. The minimum Gasteiger partial charge on any atom is -0.465 e. The van der Waals surface area contributed by atoms with Crippen LogP contribution in [0, 0.1) is 11.3 Å². The lowest BCUT2D eigenvalue weighted by atomic mass is 9.92. The van der Waals surface area contributed by atoms with Gasteiger partial charge >= 0.3 is 24.5 Å². The first-order valence-corrected chi connectivity index (χ1v) is 7.00. The molecule has 6 nitrogen and oxygen atoms in total. The number of rotatable bonds is 1. The van der Waals surface area contributed by atoms with E-state index in [2.05, 4.69) is 0 Å². The van der Waals surface area contributed by atoms with Gasteiger partial charge in [0.15, 0.2) is 0 Å². The van der Waals surface area contributed by atoms with Gasteiger partial charge in [0.25, 0.3) is 0 Å². The number of hydrogen-bond donors (Lipinski definition) is 2. The Kier molecular flexibility index (Phi) is 4.83. The Labute approximate surface area is 147 Å². The summed E-state index contributed by atoms with van der Waals surface area (Å²) < 4.78 is 78.2. The fourth-order valence-corrected chi connectivity index (χ4v) is 2.53. The second-order valence-electron chi connectivity index (χ2n) is 5.47. The van der Waals surface area contributed by atoms with Crippen molar-refractivity contribution in [1.82, 2.24) is 10.2 Å². The first-order valence-electron chi connectivity index (χ1n) is 7.00. The summed E-state index contributed by atoms with van der Waals surface area (Å²) in [4.78, 5) is 23.2. The number of nitrogens with one attached hydrogen (secondary N) is 1. The highest BCUT2D eigenvalue weighted by atomic mass is 19.4. The Morgan fingerprint density at radius 1 is 1.15 bits per heavy atom. The van der Waals surface area contributed by atoms with Gasteiger partial charge < -0.3 is 10.4 Å². The molecule has 0 bridgehead atoms. The number of amides is 3. The second kappa shape index (κ2) is 6.49. The van der Waals surface area contributed by atoms with Gasteiger partial charge in [-0.15, -0.1) is 0 Å². The van der Waals surface area contributed by atoms with Gasteiger partial charge in [-0.3, -0.25) is 0 Å². The lowest BCUT2D eigenvalue weighted by Gasteiger charge is -2.33. The molecule has 0 aliphatic carbocycles. The van der Waals surface area contributed by atoms with Crippen molar-refractivity contribution in [3.8, 4) is 6.07 Å². The number of carbonyl (C=O) groups is 2. The number of hydrogen-bond acceptors (Lipinski definition) is 3. The van der Waals surface area contributed by atoms with Crippen LogP contribution in [0.1, 0.15) is 29.7 Å². The molecule has 27 heavy (non-hydrogen) atoms. The number of alkyl halides is 6. The monoisotopic (exact) mass is 393 g/mol. The van der Waals surface area contributed by atoms with Crippen molar-refractivity contribution in [3.05, 3.63) is 46.2 Å².